The molecule has 4 heteroatoms. The Morgan fingerprint density at radius 3 is 2.45 bits per heavy atom. The fraction of sp³-hybridized carbons (Fsp3) is 1.00. The van der Waals surface area contributed by atoms with Gasteiger partial charge in [0.25, 0.3) is 0 Å². The minimum atomic E-state index is 0.768. The summed E-state index contributed by atoms with van der Waals surface area (Å²) in [5.41, 5.74) is 0. The van der Waals surface area contributed by atoms with Crippen LogP contribution in [0, 0.1) is 5.92 Å². The second-order valence-corrected chi connectivity index (χ2v) is 6.68. The van der Waals surface area contributed by atoms with Crippen molar-refractivity contribution in [1.82, 2.24) is 15.1 Å². The van der Waals surface area contributed by atoms with Crippen molar-refractivity contribution in [2.45, 2.75) is 38.1 Å². The van der Waals surface area contributed by atoms with Crippen molar-refractivity contribution in [2.24, 2.45) is 5.92 Å². The van der Waals surface area contributed by atoms with Gasteiger partial charge < -0.3 is 10.1 Å². The number of hydrogen-bond acceptors (Lipinski definition) is 4. The number of nitrogens with zero attached hydrogens (tertiary/aromatic N) is 2. The van der Waals surface area contributed by atoms with Gasteiger partial charge in [0.2, 0.25) is 0 Å². The average Bonchev–Trinajstić information content (AvgIpc) is 2.78. The predicted octanol–water partition coefficient (Wildman–Crippen LogP) is 1.17. The fourth-order valence-corrected chi connectivity index (χ4v) is 4.08. The molecule has 116 valence electrons. The van der Waals surface area contributed by atoms with E-state index in [1.54, 1.807) is 0 Å². The first-order valence-corrected chi connectivity index (χ1v) is 8.68. The van der Waals surface area contributed by atoms with Gasteiger partial charge in [-0.15, -0.1) is 0 Å². The lowest BCUT2D eigenvalue weighted by Crippen LogP contribution is -2.55. The second kappa shape index (κ2) is 7.74. The normalized spacial score (nSPS) is 34.8. The Kier molecular flexibility index (Phi) is 5.71. The number of morpholine rings is 1. The van der Waals surface area contributed by atoms with Crippen LogP contribution in [0.25, 0.3) is 0 Å². The van der Waals surface area contributed by atoms with E-state index in [4.69, 9.17) is 4.74 Å². The molecule has 0 spiro atoms. The van der Waals surface area contributed by atoms with E-state index in [9.17, 15) is 0 Å². The van der Waals surface area contributed by atoms with Gasteiger partial charge in [-0.2, -0.15) is 0 Å². The highest BCUT2D eigenvalue weighted by Gasteiger charge is 2.31. The van der Waals surface area contributed by atoms with E-state index in [1.165, 1.54) is 64.8 Å². The molecule has 0 amide bonds. The fourth-order valence-electron chi connectivity index (χ4n) is 4.08. The Morgan fingerprint density at radius 2 is 1.70 bits per heavy atom. The smallest absolute Gasteiger partial charge is 0.0594 e. The zero-order valence-corrected chi connectivity index (χ0v) is 12.9. The van der Waals surface area contributed by atoms with Gasteiger partial charge >= 0.3 is 0 Å². The van der Waals surface area contributed by atoms with Gasteiger partial charge in [-0.05, 0) is 44.8 Å². The molecule has 4 nitrogen and oxygen atoms in total. The largest absolute Gasteiger partial charge is 0.379 e. The van der Waals surface area contributed by atoms with E-state index in [-0.39, 0.29) is 0 Å². The SMILES string of the molecule is C1CCCN(C2CNCCC2CN2CCOCC2)CC1. The minimum Gasteiger partial charge on any atom is -0.379 e. The van der Waals surface area contributed by atoms with Crippen LogP contribution < -0.4 is 5.32 Å². The van der Waals surface area contributed by atoms with Crippen LogP contribution in [0.2, 0.25) is 0 Å². The predicted molar refractivity (Wildman–Crippen MR) is 82.1 cm³/mol. The van der Waals surface area contributed by atoms with Crippen molar-refractivity contribution in [2.75, 3.05) is 59.0 Å². The zero-order chi connectivity index (χ0) is 13.6. The molecule has 1 N–H and O–H groups in total. The summed E-state index contributed by atoms with van der Waals surface area (Å²) in [7, 11) is 0. The highest BCUT2D eigenvalue weighted by Crippen LogP contribution is 2.23. The van der Waals surface area contributed by atoms with Crippen LogP contribution in [0.15, 0.2) is 0 Å². The standard InChI is InChI=1S/C16H31N3O/c1-2-4-8-19(7-3-1)16-13-17-6-5-15(16)14-18-9-11-20-12-10-18/h15-17H,1-14H2. The minimum absolute atomic E-state index is 0.768. The number of hydrogen-bond donors (Lipinski definition) is 1. The molecule has 3 aliphatic rings. The van der Waals surface area contributed by atoms with Crippen molar-refractivity contribution in [3.05, 3.63) is 0 Å². The maximum atomic E-state index is 5.48. The molecular formula is C16H31N3O. The van der Waals surface area contributed by atoms with Gasteiger partial charge in [0.15, 0.2) is 0 Å². The molecule has 2 atom stereocenters. The van der Waals surface area contributed by atoms with Crippen LogP contribution >= 0.6 is 0 Å². The summed E-state index contributed by atoms with van der Waals surface area (Å²) in [5.74, 6) is 0.854. The van der Waals surface area contributed by atoms with Crippen molar-refractivity contribution < 1.29 is 4.74 Å². The maximum Gasteiger partial charge on any atom is 0.0594 e. The summed E-state index contributed by atoms with van der Waals surface area (Å²) in [5, 5.41) is 3.63. The number of rotatable bonds is 3. The molecule has 0 saturated carbocycles. The number of piperidine rings is 1. The number of ether oxygens (including phenoxy) is 1. The zero-order valence-electron chi connectivity index (χ0n) is 12.9. The molecule has 20 heavy (non-hydrogen) atoms. The number of nitrogens with one attached hydrogen (secondary N) is 1. The lowest BCUT2D eigenvalue weighted by atomic mass is 9.90. The molecule has 0 aromatic heterocycles. The van der Waals surface area contributed by atoms with Gasteiger partial charge in [-0.1, -0.05) is 12.8 Å². The van der Waals surface area contributed by atoms with Crippen molar-refractivity contribution >= 4 is 0 Å². The third-order valence-corrected chi connectivity index (χ3v) is 5.30. The van der Waals surface area contributed by atoms with Crippen LogP contribution in [0.3, 0.4) is 0 Å². The summed E-state index contributed by atoms with van der Waals surface area (Å²) in [6.45, 7) is 10.5. The van der Waals surface area contributed by atoms with E-state index < -0.39 is 0 Å². The highest BCUT2D eigenvalue weighted by molar-refractivity contribution is 4.88. The average molecular weight is 281 g/mol. The summed E-state index contributed by atoms with van der Waals surface area (Å²) >= 11 is 0. The van der Waals surface area contributed by atoms with E-state index in [0.29, 0.717) is 0 Å². The monoisotopic (exact) mass is 281 g/mol. The van der Waals surface area contributed by atoms with E-state index >= 15 is 0 Å². The van der Waals surface area contributed by atoms with E-state index in [1.807, 2.05) is 0 Å². The Bertz CT molecular complexity index is 273. The summed E-state index contributed by atoms with van der Waals surface area (Å²) < 4.78 is 5.48. The lowest BCUT2D eigenvalue weighted by molar-refractivity contribution is 0.0148. The van der Waals surface area contributed by atoms with Gasteiger partial charge in [-0.25, -0.2) is 0 Å². The molecule has 0 aromatic carbocycles. The molecule has 3 saturated heterocycles. The third-order valence-electron chi connectivity index (χ3n) is 5.30. The van der Waals surface area contributed by atoms with Crippen molar-refractivity contribution in [1.29, 1.82) is 0 Å². The van der Waals surface area contributed by atoms with Crippen molar-refractivity contribution in [3.8, 4) is 0 Å². The summed E-state index contributed by atoms with van der Waals surface area (Å²) in [6, 6.07) is 0.768. The van der Waals surface area contributed by atoms with Gasteiger partial charge in [0.1, 0.15) is 0 Å². The van der Waals surface area contributed by atoms with Crippen LogP contribution in [-0.2, 0) is 4.74 Å². The second-order valence-electron chi connectivity index (χ2n) is 6.68. The first kappa shape index (κ1) is 14.8. The van der Waals surface area contributed by atoms with Gasteiger partial charge in [0, 0.05) is 32.2 Å². The Hall–Kier alpha value is -0.160. The molecule has 3 rings (SSSR count). The molecule has 3 aliphatic heterocycles. The van der Waals surface area contributed by atoms with Crippen LogP contribution in [0.4, 0.5) is 0 Å². The molecule has 3 heterocycles. The van der Waals surface area contributed by atoms with Crippen LogP contribution in [0.5, 0.6) is 0 Å². The Balaban J connectivity index is 1.57. The molecule has 0 aliphatic carbocycles. The molecule has 0 bridgehead atoms. The first-order chi connectivity index (χ1) is 9.93. The summed E-state index contributed by atoms with van der Waals surface area (Å²) in [4.78, 5) is 5.43. The van der Waals surface area contributed by atoms with E-state index in [0.717, 1.165) is 38.3 Å². The van der Waals surface area contributed by atoms with Crippen molar-refractivity contribution in [3.63, 3.8) is 0 Å². The molecule has 0 aromatic rings. The maximum absolute atomic E-state index is 5.48. The lowest BCUT2D eigenvalue weighted by Gasteiger charge is -2.42. The van der Waals surface area contributed by atoms with Crippen LogP contribution in [-0.4, -0.2) is 74.9 Å². The Labute approximate surface area is 123 Å². The molecular weight excluding hydrogens is 250 g/mol. The van der Waals surface area contributed by atoms with E-state index in [2.05, 4.69) is 15.1 Å². The van der Waals surface area contributed by atoms with Gasteiger partial charge in [0.05, 0.1) is 13.2 Å². The molecule has 2 unspecified atom stereocenters. The topological polar surface area (TPSA) is 27.7 Å². The molecule has 0 radical (unpaired) electrons. The first-order valence-electron chi connectivity index (χ1n) is 8.68. The third kappa shape index (κ3) is 3.94. The summed E-state index contributed by atoms with van der Waals surface area (Å²) in [6.07, 6.45) is 7.02. The highest BCUT2D eigenvalue weighted by atomic mass is 16.5. The Morgan fingerprint density at radius 1 is 0.950 bits per heavy atom. The van der Waals surface area contributed by atoms with Gasteiger partial charge in [-0.3, -0.25) is 9.80 Å². The molecule has 3 fully saturated rings. The number of likely N-dealkylation sites (tertiary alicyclic amines) is 1. The quantitative estimate of drug-likeness (QED) is 0.840. The van der Waals surface area contributed by atoms with Crippen LogP contribution in [0.1, 0.15) is 32.1 Å².